The molecule has 1 fully saturated rings. The van der Waals surface area contributed by atoms with Gasteiger partial charge in [-0.1, -0.05) is 0 Å². The standard InChI is InChI=1S/C16H26N4O4S/c1-18(2)15-6-5-13(25(22,23)19(3)4)11-14(15)17-16(21)12-20-7-9-24-10-8-20/h5-6,11H,7-10,12H2,1-4H3,(H,17,21). The highest BCUT2D eigenvalue weighted by Crippen LogP contribution is 2.28. The Bertz CT molecular complexity index is 713. The minimum absolute atomic E-state index is 0.143. The first-order valence-electron chi connectivity index (χ1n) is 8.05. The molecule has 9 heteroatoms. The first-order valence-corrected chi connectivity index (χ1v) is 9.49. The molecule has 1 aliphatic heterocycles. The summed E-state index contributed by atoms with van der Waals surface area (Å²) in [5.74, 6) is -0.176. The minimum Gasteiger partial charge on any atom is -0.379 e. The second-order valence-corrected chi connectivity index (χ2v) is 8.45. The number of rotatable bonds is 6. The topological polar surface area (TPSA) is 82.2 Å². The van der Waals surface area contributed by atoms with Crippen molar-refractivity contribution < 1.29 is 17.9 Å². The molecule has 0 bridgehead atoms. The average Bonchev–Trinajstić information content (AvgIpc) is 2.55. The van der Waals surface area contributed by atoms with Crippen LogP contribution in [0, 0.1) is 0 Å². The first kappa shape index (κ1) is 19.6. The highest BCUT2D eigenvalue weighted by atomic mass is 32.2. The number of morpholine rings is 1. The third-order valence-corrected chi connectivity index (χ3v) is 5.78. The normalized spacial score (nSPS) is 16.0. The minimum atomic E-state index is -3.57. The number of nitrogens with zero attached hydrogens (tertiary/aromatic N) is 3. The van der Waals surface area contributed by atoms with Crippen LogP contribution in [0.2, 0.25) is 0 Å². The van der Waals surface area contributed by atoms with Gasteiger partial charge >= 0.3 is 0 Å². The molecule has 0 saturated carbocycles. The molecule has 25 heavy (non-hydrogen) atoms. The average molecular weight is 370 g/mol. The van der Waals surface area contributed by atoms with Gasteiger partial charge in [0.05, 0.1) is 36.0 Å². The van der Waals surface area contributed by atoms with Crippen molar-refractivity contribution in [2.45, 2.75) is 4.90 Å². The lowest BCUT2D eigenvalue weighted by atomic mass is 10.2. The third-order valence-electron chi connectivity index (χ3n) is 3.97. The zero-order chi connectivity index (χ0) is 18.6. The van der Waals surface area contributed by atoms with E-state index in [9.17, 15) is 13.2 Å². The van der Waals surface area contributed by atoms with Gasteiger partial charge in [0.1, 0.15) is 0 Å². The van der Waals surface area contributed by atoms with E-state index in [2.05, 4.69) is 5.32 Å². The Kier molecular flexibility index (Phi) is 6.39. The number of benzene rings is 1. The van der Waals surface area contributed by atoms with Crippen LogP contribution in [-0.4, -0.2) is 84.6 Å². The Morgan fingerprint density at radius 1 is 1.20 bits per heavy atom. The molecule has 1 N–H and O–H groups in total. The van der Waals surface area contributed by atoms with Crippen LogP contribution in [0.15, 0.2) is 23.1 Å². The van der Waals surface area contributed by atoms with Gasteiger partial charge in [-0.25, -0.2) is 12.7 Å². The molecule has 0 spiro atoms. The summed E-state index contributed by atoms with van der Waals surface area (Å²) in [5.41, 5.74) is 1.22. The molecule has 140 valence electrons. The summed E-state index contributed by atoms with van der Waals surface area (Å²) < 4.78 is 31.1. The van der Waals surface area contributed by atoms with Crippen molar-refractivity contribution in [3.8, 4) is 0 Å². The van der Waals surface area contributed by atoms with Gasteiger partial charge in [-0.15, -0.1) is 0 Å². The van der Waals surface area contributed by atoms with Crippen molar-refractivity contribution in [3.63, 3.8) is 0 Å². The maximum absolute atomic E-state index is 12.4. The zero-order valence-corrected chi connectivity index (χ0v) is 16.0. The van der Waals surface area contributed by atoms with E-state index >= 15 is 0 Å². The molecular weight excluding hydrogens is 344 g/mol. The summed E-state index contributed by atoms with van der Waals surface area (Å²) in [6.07, 6.45) is 0. The second-order valence-electron chi connectivity index (χ2n) is 6.30. The van der Waals surface area contributed by atoms with Crippen LogP contribution in [0.1, 0.15) is 0 Å². The van der Waals surface area contributed by atoms with Crippen LogP contribution in [0.4, 0.5) is 11.4 Å². The van der Waals surface area contributed by atoms with E-state index in [0.29, 0.717) is 32.0 Å². The van der Waals surface area contributed by atoms with Crippen molar-refractivity contribution >= 4 is 27.3 Å². The number of carbonyl (C=O) groups excluding carboxylic acids is 1. The van der Waals surface area contributed by atoms with E-state index < -0.39 is 10.0 Å². The van der Waals surface area contributed by atoms with E-state index in [1.165, 1.54) is 20.2 Å². The summed E-state index contributed by atoms with van der Waals surface area (Å²) in [5, 5.41) is 2.84. The number of sulfonamides is 1. The zero-order valence-electron chi connectivity index (χ0n) is 15.2. The number of hydrogen-bond donors (Lipinski definition) is 1. The van der Waals surface area contributed by atoms with Gasteiger partial charge in [0, 0.05) is 41.3 Å². The van der Waals surface area contributed by atoms with Crippen molar-refractivity contribution in [3.05, 3.63) is 18.2 Å². The number of anilines is 2. The van der Waals surface area contributed by atoms with Crippen LogP contribution in [0.3, 0.4) is 0 Å². The van der Waals surface area contributed by atoms with E-state index in [1.807, 2.05) is 23.9 Å². The maximum atomic E-state index is 12.4. The highest BCUT2D eigenvalue weighted by Gasteiger charge is 2.21. The van der Waals surface area contributed by atoms with E-state index in [-0.39, 0.29) is 17.3 Å². The van der Waals surface area contributed by atoms with E-state index in [1.54, 1.807) is 12.1 Å². The van der Waals surface area contributed by atoms with Crippen molar-refractivity contribution in [2.75, 3.05) is 71.3 Å². The molecular formula is C16H26N4O4S. The van der Waals surface area contributed by atoms with Crippen LogP contribution in [0.5, 0.6) is 0 Å². The van der Waals surface area contributed by atoms with Gasteiger partial charge in [-0.3, -0.25) is 9.69 Å². The molecule has 1 saturated heterocycles. The molecule has 1 aromatic rings. The lowest BCUT2D eigenvalue weighted by molar-refractivity contribution is -0.118. The fourth-order valence-corrected chi connectivity index (χ4v) is 3.46. The number of carbonyl (C=O) groups is 1. The van der Waals surface area contributed by atoms with E-state index in [0.717, 1.165) is 9.99 Å². The highest BCUT2D eigenvalue weighted by molar-refractivity contribution is 7.89. The predicted octanol–water partition coefficient (Wildman–Crippen LogP) is 0.274. The molecule has 2 rings (SSSR count). The van der Waals surface area contributed by atoms with Gasteiger partial charge in [0.15, 0.2) is 0 Å². The fourth-order valence-electron chi connectivity index (χ4n) is 2.53. The fraction of sp³-hybridized carbons (Fsp3) is 0.562. The summed E-state index contributed by atoms with van der Waals surface area (Å²) >= 11 is 0. The molecule has 0 atom stereocenters. The Labute approximate surface area is 149 Å². The molecule has 0 aliphatic carbocycles. The molecule has 1 aromatic carbocycles. The summed E-state index contributed by atoms with van der Waals surface area (Å²) in [6.45, 7) is 2.91. The largest absolute Gasteiger partial charge is 0.379 e. The second kappa shape index (κ2) is 8.13. The quantitative estimate of drug-likeness (QED) is 0.774. The molecule has 1 heterocycles. The lowest BCUT2D eigenvalue weighted by Crippen LogP contribution is -2.41. The first-order chi connectivity index (χ1) is 11.7. The Morgan fingerprint density at radius 2 is 1.84 bits per heavy atom. The summed E-state index contributed by atoms with van der Waals surface area (Å²) in [4.78, 5) is 16.4. The Balaban J connectivity index is 2.23. The van der Waals surface area contributed by atoms with Crippen molar-refractivity contribution in [2.24, 2.45) is 0 Å². The van der Waals surface area contributed by atoms with Gasteiger partial charge < -0.3 is 15.0 Å². The Hall–Kier alpha value is -1.68. The van der Waals surface area contributed by atoms with Crippen LogP contribution >= 0.6 is 0 Å². The number of nitrogens with one attached hydrogen (secondary N) is 1. The monoisotopic (exact) mass is 370 g/mol. The lowest BCUT2D eigenvalue weighted by Gasteiger charge is -2.26. The smallest absolute Gasteiger partial charge is 0.242 e. The number of ether oxygens (including phenoxy) is 1. The summed E-state index contributed by atoms with van der Waals surface area (Å²) in [7, 11) is 3.07. The molecule has 0 aromatic heterocycles. The van der Waals surface area contributed by atoms with Crippen molar-refractivity contribution in [1.29, 1.82) is 0 Å². The molecule has 0 radical (unpaired) electrons. The van der Waals surface area contributed by atoms with Gasteiger partial charge in [-0.05, 0) is 18.2 Å². The van der Waals surface area contributed by atoms with Crippen LogP contribution in [0.25, 0.3) is 0 Å². The number of hydrogen-bond acceptors (Lipinski definition) is 6. The molecule has 1 aliphatic rings. The van der Waals surface area contributed by atoms with Crippen LogP contribution < -0.4 is 10.2 Å². The molecule has 0 unspecified atom stereocenters. The van der Waals surface area contributed by atoms with Crippen molar-refractivity contribution in [1.82, 2.24) is 9.21 Å². The summed E-state index contributed by atoms with van der Waals surface area (Å²) in [6, 6.07) is 4.74. The third kappa shape index (κ3) is 4.91. The maximum Gasteiger partial charge on any atom is 0.242 e. The SMILES string of the molecule is CN(C)c1ccc(S(=O)(=O)N(C)C)cc1NC(=O)CN1CCOCC1. The Morgan fingerprint density at radius 3 is 2.40 bits per heavy atom. The molecule has 1 amide bonds. The van der Waals surface area contributed by atoms with E-state index in [4.69, 9.17) is 4.74 Å². The number of amides is 1. The van der Waals surface area contributed by atoms with Crippen LogP contribution in [-0.2, 0) is 19.6 Å². The van der Waals surface area contributed by atoms with Gasteiger partial charge in [0.25, 0.3) is 0 Å². The van der Waals surface area contributed by atoms with Gasteiger partial charge in [-0.2, -0.15) is 0 Å². The van der Waals surface area contributed by atoms with Gasteiger partial charge in [0.2, 0.25) is 15.9 Å². The predicted molar refractivity (Wildman–Crippen MR) is 97.5 cm³/mol. The molecule has 8 nitrogen and oxygen atoms in total.